The highest BCUT2D eigenvalue weighted by molar-refractivity contribution is 6.11. The summed E-state index contributed by atoms with van der Waals surface area (Å²) in [5.74, 6) is -0.929. The number of ether oxygens (including phenoxy) is 1. The Morgan fingerprint density at radius 3 is 2.50 bits per heavy atom. The summed E-state index contributed by atoms with van der Waals surface area (Å²) in [5, 5.41) is 10.8. The van der Waals surface area contributed by atoms with Crippen molar-refractivity contribution in [3.8, 4) is 11.3 Å². The molecule has 1 aromatic heterocycles. The number of anilines is 1. The smallest absolute Gasteiger partial charge is 0.338 e. The van der Waals surface area contributed by atoms with Gasteiger partial charge in [0.25, 0.3) is 0 Å². The fraction of sp³-hybridized carbons (Fsp3) is 0.238. The zero-order chi connectivity index (χ0) is 18.1. The van der Waals surface area contributed by atoms with Crippen LogP contribution in [0.15, 0.2) is 48.5 Å². The molecule has 3 aromatic rings. The molecular formula is C21H20N2O3. The predicted molar refractivity (Wildman–Crippen MR) is 102 cm³/mol. The van der Waals surface area contributed by atoms with Gasteiger partial charge in [-0.1, -0.05) is 48.5 Å². The molecule has 2 heterocycles. The first-order valence-electron chi connectivity index (χ1n) is 8.71. The molecule has 5 nitrogen and oxygen atoms in total. The number of pyridine rings is 1. The van der Waals surface area contributed by atoms with Crippen LogP contribution in [0.5, 0.6) is 0 Å². The highest BCUT2D eigenvalue weighted by Gasteiger charge is 2.26. The number of aryl methyl sites for hydroxylation is 1. The van der Waals surface area contributed by atoms with E-state index in [-0.39, 0.29) is 0 Å². The molecule has 4 rings (SSSR count). The number of morpholine rings is 1. The Hall–Kier alpha value is -2.92. The first-order chi connectivity index (χ1) is 12.7. The number of aromatic carboxylic acids is 1. The number of para-hydroxylation sites is 1. The van der Waals surface area contributed by atoms with Crippen molar-refractivity contribution in [3.05, 3.63) is 59.7 Å². The zero-order valence-corrected chi connectivity index (χ0v) is 14.6. The lowest BCUT2D eigenvalue weighted by Gasteiger charge is -2.32. The normalized spacial score (nSPS) is 14.6. The summed E-state index contributed by atoms with van der Waals surface area (Å²) in [6, 6.07) is 15.5. The van der Waals surface area contributed by atoms with E-state index in [4.69, 9.17) is 9.72 Å². The molecule has 0 amide bonds. The Morgan fingerprint density at radius 1 is 1.08 bits per heavy atom. The summed E-state index contributed by atoms with van der Waals surface area (Å²) in [6.45, 7) is 4.43. The molecule has 1 aliphatic heterocycles. The first kappa shape index (κ1) is 16.5. The van der Waals surface area contributed by atoms with Crippen molar-refractivity contribution in [2.45, 2.75) is 6.92 Å². The molecular weight excluding hydrogens is 328 g/mol. The van der Waals surface area contributed by atoms with Crippen molar-refractivity contribution in [2.24, 2.45) is 0 Å². The van der Waals surface area contributed by atoms with E-state index in [1.54, 1.807) is 0 Å². The Morgan fingerprint density at radius 2 is 1.81 bits per heavy atom. The minimum Gasteiger partial charge on any atom is -0.478 e. The van der Waals surface area contributed by atoms with Gasteiger partial charge in [-0.3, -0.25) is 0 Å². The highest BCUT2D eigenvalue weighted by atomic mass is 16.5. The second kappa shape index (κ2) is 6.77. The van der Waals surface area contributed by atoms with Crippen molar-refractivity contribution in [3.63, 3.8) is 0 Å². The summed E-state index contributed by atoms with van der Waals surface area (Å²) in [6.07, 6.45) is 0. The van der Waals surface area contributed by atoms with Crippen LogP contribution in [0.25, 0.3) is 22.2 Å². The lowest BCUT2D eigenvalue weighted by molar-refractivity contribution is 0.0698. The van der Waals surface area contributed by atoms with E-state index in [9.17, 15) is 9.90 Å². The number of carbonyl (C=O) groups is 1. The number of rotatable bonds is 3. The maximum Gasteiger partial charge on any atom is 0.338 e. The van der Waals surface area contributed by atoms with E-state index in [0.717, 1.165) is 16.6 Å². The molecule has 1 fully saturated rings. The van der Waals surface area contributed by atoms with Gasteiger partial charge in [-0.25, -0.2) is 9.78 Å². The van der Waals surface area contributed by atoms with E-state index in [1.807, 2.05) is 55.5 Å². The predicted octanol–water partition coefficient (Wildman–Crippen LogP) is 3.75. The minimum absolute atomic E-state index is 0.319. The lowest BCUT2D eigenvalue weighted by atomic mass is 9.98. The Labute approximate surface area is 151 Å². The van der Waals surface area contributed by atoms with E-state index in [1.165, 1.54) is 0 Å². The number of fused-ring (bicyclic) bond motifs is 1. The van der Waals surface area contributed by atoms with Gasteiger partial charge in [-0.2, -0.15) is 0 Å². The van der Waals surface area contributed by atoms with Crippen molar-refractivity contribution >= 4 is 22.6 Å². The van der Waals surface area contributed by atoms with Crippen LogP contribution in [-0.2, 0) is 4.74 Å². The monoisotopic (exact) mass is 348 g/mol. The molecule has 5 heteroatoms. The number of hydrogen-bond donors (Lipinski definition) is 1. The Balaban J connectivity index is 2.09. The number of carboxylic acid groups (broad SMARTS) is 1. The number of nitrogens with zero attached hydrogens (tertiary/aromatic N) is 2. The molecule has 0 radical (unpaired) electrons. The third-order valence-electron chi connectivity index (χ3n) is 4.78. The summed E-state index contributed by atoms with van der Waals surface area (Å²) >= 11 is 0. The van der Waals surface area contributed by atoms with Gasteiger partial charge in [0.2, 0.25) is 0 Å². The van der Waals surface area contributed by atoms with Crippen LogP contribution >= 0.6 is 0 Å². The maximum absolute atomic E-state index is 12.3. The van der Waals surface area contributed by atoms with Crippen LogP contribution in [0.4, 0.5) is 5.69 Å². The van der Waals surface area contributed by atoms with Crippen LogP contribution < -0.4 is 4.90 Å². The summed E-state index contributed by atoms with van der Waals surface area (Å²) in [5.41, 5.74) is 4.34. The molecule has 26 heavy (non-hydrogen) atoms. The molecule has 2 aromatic carbocycles. The largest absolute Gasteiger partial charge is 0.478 e. The fourth-order valence-corrected chi connectivity index (χ4v) is 3.53. The minimum atomic E-state index is -0.929. The van der Waals surface area contributed by atoms with Gasteiger partial charge in [-0.05, 0) is 12.5 Å². The van der Waals surface area contributed by atoms with Crippen molar-refractivity contribution in [1.82, 2.24) is 4.98 Å². The third kappa shape index (κ3) is 2.80. The second-order valence-corrected chi connectivity index (χ2v) is 6.43. The summed E-state index contributed by atoms with van der Waals surface area (Å²) < 4.78 is 5.46. The van der Waals surface area contributed by atoms with Crippen LogP contribution in [-0.4, -0.2) is 42.4 Å². The van der Waals surface area contributed by atoms with Crippen molar-refractivity contribution in [2.75, 3.05) is 31.2 Å². The van der Waals surface area contributed by atoms with Gasteiger partial charge in [0.1, 0.15) is 0 Å². The van der Waals surface area contributed by atoms with Gasteiger partial charge in [0, 0.05) is 24.0 Å². The molecule has 0 unspecified atom stereocenters. The van der Waals surface area contributed by atoms with E-state index in [0.29, 0.717) is 48.6 Å². The molecule has 132 valence electrons. The molecule has 1 N–H and O–H groups in total. The number of hydrogen-bond acceptors (Lipinski definition) is 4. The van der Waals surface area contributed by atoms with Gasteiger partial charge in [-0.15, -0.1) is 0 Å². The maximum atomic E-state index is 12.3. The standard InChI is InChI=1S/C21H20N2O3/c1-14-6-5-9-16-17(21(24)25)20(23-10-12-26-13-11-23)19(22-18(14)16)15-7-3-2-4-8-15/h2-9H,10-13H2,1H3,(H,24,25). The fourth-order valence-electron chi connectivity index (χ4n) is 3.53. The first-order valence-corrected chi connectivity index (χ1v) is 8.71. The molecule has 1 saturated heterocycles. The Bertz CT molecular complexity index is 964. The Kier molecular flexibility index (Phi) is 4.31. The highest BCUT2D eigenvalue weighted by Crippen LogP contribution is 2.38. The van der Waals surface area contributed by atoms with Gasteiger partial charge in [0.05, 0.1) is 35.7 Å². The quantitative estimate of drug-likeness (QED) is 0.781. The van der Waals surface area contributed by atoms with Crippen molar-refractivity contribution < 1.29 is 14.6 Å². The zero-order valence-electron chi connectivity index (χ0n) is 14.6. The molecule has 0 atom stereocenters. The molecule has 0 bridgehead atoms. The average molecular weight is 348 g/mol. The van der Waals surface area contributed by atoms with Crippen LogP contribution in [0.3, 0.4) is 0 Å². The summed E-state index contributed by atoms with van der Waals surface area (Å²) in [4.78, 5) is 19.3. The molecule has 1 aliphatic rings. The number of benzene rings is 2. The molecule has 0 spiro atoms. The van der Waals surface area contributed by atoms with Gasteiger partial charge in [0.15, 0.2) is 0 Å². The SMILES string of the molecule is Cc1cccc2c(C(=O)O)c(N3CCOCC3)c(-c3ccccc3)nc12. The van der Waals surface area contributed by atoms with Crippen LogP contribution in [0, 0.1) is 6.92 Å². The lowest BCUT2D eigenvalue weighted by Crippen LogP contribution is -2.37. The van der Waals surface area contributed by atoms with E-state index >= 15 is 0 Å². The van der Waals surface area contributed by atoms with Crippen LogP contribution in [0.1, 0.15) is 15.9 Å². The van der Waals surface area contributed by atoms with Crippen LogP contribution in [0.2, 0.25) is 0 Å². The van der Waals surface area contributed by atoms with Gasteiger partial charge >= 0.3 is 5.97 Å². The number of aromatic nitrogens is 1. The molecule has 0 saturated carbocycles. The number of carboxylic acids is 1. The second-order valence-electron chi connectivity index (χ2n) is 6.43. The average Bonchev–Trinajstić information content (AvgIpc) is 2.68. The topological polar surface area (TPSA) is 62.7 Å². The molecule has 0 aliphatic carbocycles. The van der Waals surface area contributed by atoms with E-state index < -0.39 is 5.97 Å². The third-order valence-corrected chi connectivity index (χ3v) is 4.78. The summed E-state index contributed by atoms with van der Waals surface area (Å²) in [7, 11) is 0. The van der Waals surface area contributed by atoms with Crippen molar-refractivity contribution in [1.29, 1.82) is 0 Å². The van der Waals surface area contributed by atoms with E-state index in [2.05, 4.69) is 4.90 Å². The van der Waals surface area contributed by atoms with Gasteiger partial charge < -0.3 is 14.7 Å².